The number of carbonyl (C=O) groups excluding carboxylic acids is 4. The normalized spacial score (nSPS) is 39.8. The molecule has 4 aliphatic carbocycles. The second-order valence-corrected chi connectivity index (χ2v) is 13.0. The molecular weight excluding hydrogens is 464 g/mol. The Hall–Kier alpha value is -1.89. The highest BCUT2D eigenvalue weighted by atomic mass is 32.2. The van der Waals surface area contributed by atoms with E-state index in [9.17, 15) is 19.2 Å². The third-order valence-corrected chi connectivity index (χ3v) is 10.8. The molecule has 0 bridgehead atoms. The molecule has 1 heterocycles. The van der Waals surface area contributed by atoms with E-state index >= 15 is 0 Å². The molecule has 0 aromatic carbocycles. The summed E-state index contributed by atoms with van der Waals surface area (Å²) < 4.78 is 10.5. The molecule has 5 rings (SSSR count). The van der Waals surface area contributed by atoms with Gasteiger partial charge >= 0.3 is 11.9 Å². The number of esters is 2. The average Bonchev–Trinajstić information content (AvgIpc) is 3.38. The smallest absolute Gasteiger partial charge is 0.319 e. The van der Waals surface area contributed by atoms with Gasteiger partial charge in [0, 0.05) is 18.3 Å². The summed E-state index contributed by atoms with van der Waals surface area (Å²) in [5.74, 6) is 1.66. The second-order valence-electron chi connectivity index (χ2n) is 11.7. The molecule has 190 valence electrons. The van der Waals surface area contributed by atoms with E-state index in [1.54, 1.807) is 6.08 Å². The number of ether oxygens (including phenoxy) is 2. The molecule has 0 spiro atoms. The number of thioether (sulfide) groups is 1. The first kappa shape index (κ1) is 24.8. The van der Waals surface area contributed by atoms with E-state index in [1.165, 1.54) is 18.4 Å². The molecule has 0 unspecified atom stereocenters. The maximum atomic E-state index is 12.3. The van der Waals surface area contributed by atoms with Crippen LogP contribution < -0.4 is 0 Å². The van der Waals surface area contributed by atoms with Crippen LogP contribution in [0, 0.1) is 34.5 Å². The van der Waals surface area contributed by atoms with Crippen LogP contribution in [0.4, 0.5) is 0 Å². The standard InChI is InChI=1S/C28H36O6S/c1-27-10-8-21-20(4-3-18-14-19(29)7-11-28(18,21)2)22(27)13-17(15-27)16-34-24(30)5-6-25(31)35-23-9-12-33-26(23)32/h7,11,14,17,20-23H,3-6,8-10,12-13,15-16H2,1-2H3/t17-,20-,21+,22+,23+,27-,28+/m1/s1. The lowest BCUT2D eigenvalue weighted by molar-refractivity contribution is -0.145. The van der Waals surface area contributed by atoms with E-state index in [1.807, 2.05) is 6.08 Å². The van der Waals surface area contributed by atoms with Gasteiger partial charge in [0.05, 0.1) is 19.6 Å². The molecule has 0 radical (unpaired) electrons. The van der Waals surface area contributed by atoms with Crippen molar-refractivity contribution in [1.29, 1.82) is 0 Å². The van der Waals surface area contributed by atoms with Crippen molar-refractivity contribution in [2.75, 3.05) is 13.2 Å². The van der Waals surface area contributed by atoms with Gasteiger partial charge in [0.25, 0.3) is 0 Å². The zero-order valence-electron chi connectivity index (χ0n) is 20.8. The third-order valence-electron chi connectivity index (χ3n) is 9.59. The minimum atomic E-state index is -0.428. The molecule has 0 aromatic heterocycles. The fourth-order valence-electron chi connectivity index (χ4n) is 7.82. The molecule has 35 heavy (non-hydrogen) atoms. The van der Waals surface area contributed by atoms with Crippen LogP contribution in [0.25, 0.3) is 0 Å². The van der Waals surface area contributed by atoms with Gasteiger partial charge in [-0.3, -0.25) is 19.2 Å². The van der Waals surface area contributed by atoms with E-state index in [-0.39, 0.29) is 46.5 Å². The maximum Gasteiger partial charge on any atom is 0.319 e. The van der Waals surface area contributed by atoms with Crippen molar-refractivity contribution in [1.82, 2.24) is 0 Å². The Bertz CT molecular complexity index is 984. The number of allylic oxidation sites excluding steroid dienone is 4. The van der Waals surface area contributed by atoms with Gasteiger partial charge in [-0.25, -0.2) is 0 Å². The van der Waals surface area contributed by atoms with Gasteiger partial charge in [-0.2, -0.15) is 0 Å². The van der Waals surface area contributed by atoms with Gasteiger partial charge in [-0.15, -0.1) is 0 Å². The van der Waals surface area contributed by atoms with Crippen LogP contribution >= 0.6 is 11.8 Å². The molecule has 7 atom stereocenters. The van der Waals surface area contributed by atoms with Gasteiger partial charge in [0.2, 0.25) is 0 Å². The Morgan fingerprint density at radius 2 is 1.97 bits per heavy atom. The Morgan fingerprint density at radius 3 is 2.74 bits per heavy atom. The SMILES string of the molecule is C[C@]12CC[C@H]3[C@@H](CCC4=CC(=O)C=C[C@@]43C)[C@@H]1C[C@@H](COC(=O)CCC(=O)S[C@H]1CCOC1=O)C2. The fraction of sp³-hybridized carbons (Fsp3) is 0.714. The predicted octanol–water partition coefficient (Wildman–Crippen LogP) is 4.81. The summed E-state index contributed by atoms with van der Waals surface area (Å²) in [5.41, 5.74) is 1.60. The third kappa shape index (κ3) is 4.77. The Morgan fingerprint density at radius 1 is 1.14 bits per heavy atom. The molecule has 3 saturated carbocycles. The quantitative estimate of drug-likeness (QED) is 0.484. The first-order valence-corrected chi connectivity index (χ1v) is 14.0. The van der Waals surface area contributed by atoms with Crippen molar-refractivity contribution in [3.8, 4) is 0 Å². The lowest BCUT2D eigenvalue weighted by atomic mass is 9.48. The van der Waals surface area contributed by atoms with Crippen LogP contribution in [0.5, 0.6) is 0 Å². The minimum absolute atomic E-state index is 0.00247. The van der Waals surface area contributed by atoms with Gasteiger partial charge in [0.15, 0.2) is 10.9 Å². The van der Waals surface area contributed by atoms with Gasteiger partial charge < -0.3 is 9.47 Å². The number of ketones is 1. The number of hydrogen-bond donors (Lipinski definition) is 0. The average molecular weight is 501 g/mol. The molecular formula is C28H36O6S. The zero-order chi connectivity index (χ0) is 24.8. The Kier molecular flexibility index (Phi) is 6.75. The highest BCUT2D eigenvalue weighted by Gasteiger charge is 2.57. The van der Waals surface area contributed by atoms with Crippen molar-refractivity contribution in [3.63, 3.8) is 0 Å². The second kappa shape index (κ2) is 9.53. The first-order chi connectivity index (χ1) is 16.7. The molecule has 1 aliphatic heterocycles. The summed E-state index contributed by atoms with van der Waals surface area (Å²) in [5, 5.41) is -0.586. The number of hydrogen-bond acceptors (Lipinski definition) is 7. The minimum Gasteiger partial charge on any atom is -0.465 e. The van der Waals surface area contributed by atoms with Crippen molar-refractivity contribution in [2.24, 2.45) is 34.5 Å². The molecule has 0 N–H and O–H groups in total. The maximum absolute atomic E-state index is 12.3. The van der Waals surface area contributed by atoms with Gasteiger partial charge in [-0.05, 0) is 79.8 Å². The van der Waals surface area contributed by atoms with Gasteiger partial charge in [0.1, 0.15) is 5.25 Å². The van der Waals surface area contributed by atoms with Crippen molar-refractivity contribution in [2.45, 2.75) is 76.9 Å². The van der Waals surface area contributed by atoms with Crippen LogP contribution in [-0.2, 0) is 28.7 Å². The lowest BCUT2D eigenvalue weighted by Gasteiger charge is -2.56. The highest BCUT2D eigenvalue weighted by Crippen LogP contribution is 2.65. The summed E-state index contributed by atoms with van der Waals surface area (Å²) in [6.07, 6.45) is 13.2. The molecule has 5 aliphatic rings. The highest BCUT2D eigenvalue weighted by molar-refractivity contribution is 8.14. The Balaban J connectivity index is 1.12. The largest absolute Gasteiger partial charge is 0.465 e. The van der Waals surface area contributed by atoms with Crippen LogP contribution in [0.2, 0.25) is 0 Å². The molecule has 4 fully saturated rings. The summed E-state index contributed by atoms with van der Waals surface area (Å²) >= 11 is 0.983. The van der Waals surface area contributed by atoms with Crippen LogP contribution in [0.15, 0.2) is 23.8 Å². The monoisotopic (exact) mass is 500 g/mol. The molecule has 1 saturated heterocycles. The van der Waals surface area contributed by atoms with Crippen LogP contribution in [-0.4, -0.2) is 41.3 Å². The number of cyclic esters (lactones) is 1. The lowest BCUT2D eigenvalue weighted by Crippen LogP contribution is -2.48. The number of carbonyl (C=O) groups is 4. The van der Waals surface area contributed by atoms with Gasteiger partial charge in [-0.1, -0.05) is 37.3 Å². The van der Waals surface area contributed by atoms with E-state index in [0.717, 1.165) is 37.4 Å². The van der Waals surface area contributed by atoms with E-state index in [4.69, 9.17) is 9.47 Å². The Labute approximate surface area is 211 Å². The molecule has 6 nitrogen and oxygen atoms in total. The molecule has 0 aromatic rings. The summed E-state index contributed by atoms with van der Waals surface area (Å²) in [6.45, 7) is 5.54. The van der Waals surface area contributed by atoms with Crippen LogP contribution in [0.3, 0.4) is 0 Å². The van der Waals surface area contributed by atoms with E-state index < -0.39 is 5.25 Å². The summed E-state index contributed by atoms with van der Waals surface area (Å²) in [6, 6.07) is 0. The van der Waals surface area contributed by atoms with Crippen LogP contribution in [0.1, 0.15) is 71.6 Å². The fourth-order valence-corrected chi connectivity index (χ4v) is 8.74. The van der Waals surface area contributed by atoms with Crippen molar-refractivity contribution in [3.05, 3.63) is 23.8 Å². The predicted molar refractivity (Wildman–Crippen MR) is 132 cm³/mol. The van der Waals surface area contributed by atoms with E-state index in [2.05, 4.69) is 19.9 Å². The summed E-state index contributed by atoms with van der Waals surface area (Å²) in [7, 11) is 0. The zero-order valence-corrected chi connectivity index (χ0v) is 21.6. The topological polar surface area (TPSA) is 86.7 Å². The number of fused-ring (bicyclic) bond motifs is 5. The molecule has 7 heteroatoms. The van der Waals surface area contributed by atoms with E-state index in [0.29, 0.717) is 43.3 Å². The first-order valence-electron chi connectivity index (χ1n) is 13.1. The van der Waals surface area contributed by atoms with Crippen molar-refractivity contribution >= 4 is 34.6 Å². The summed E-state index contributed by atoms with van der Waals surface area (Å²) in [4.78, 5) is 47.9. The molecule has 0 amide bonds. The number of rotatable bonds is 6. The van der Waals surface area contributed by atoms with Crippen molar-refractivity contribution < 1.29 is 28.7 Å².